The average molecular weight is 408 g/mol. The summed E-state index contributed by atoms with van der Waals surface area (Å²) >= 11 is 0. The number of hydrogen-bond acceptors (Lipinski definition) is 4. The van der Waals surface area contributed by atoms with E-state index in [4.69, 9.17) is 9.47 Å². The van der Waals surface area contributed by atoms with Crippen molar-refractivity contribution in [3.8, 4) is 11.5 Å². The summed E-state index contributed by atoms with van der Waals surface area (Å²) in [5, 5.41) is 2.74. The number of fused-ring (bicyclic) bond motifs is 1. The highest BCUT2D eigenvalue weighted by atomic mass is 16.5. The highest BCUT2D eigenvalue weighted by Crippen LogP contribution is 2.46. The number of piperidine rings is 1. The molecule has 0 radical (unpaired) electrons. The van der Waals surface area contributed by atoms with Crippen LogP contribution in [-0.2, 0) is 9.59 Å². The molecule has 0 bridgehead atoms. The predicted molar refractivity (Wildman–Crippen MR) is 114 cm³/mol. The Hall–Kier alpha value is -3.02. The summed E-state index contributed by atoms with van der Waals surface area (Å²) < 4.78 is 12.1. The zero-order valence-corrected chi connectivity index (χ0v) is 17.3. The lowest BCUT2D eigenvalue weighted by atomic mass is 9.76. The third-order valence-electron chi connectivity index (χ3n) is 6.15. The van der Waals surface area contributed by atoms with Gasteiger partial charge in [0.2, 0.25) is 5.91 Å². The number of carbonyl (C=O) groups excluding carboxylic acids is 2. The first kappa shape index (κ1) is 20.3. The molecule has 2 amide bonds. The Bertz CT molecular complexity index is 891. The van der Waals surface area contributed by atoms with Gasteiger partial charge in [-0.15, -0.1) is 0 Å². The second kappa shape index (κ2) is 8.78. The van der Waals surface area contributed by atoms with Crippen LogP contribution >= 0.6 is 0 Å². The van der Waals surface area contributed by atoms with Crippen LogP contribution in [-0.4, -0.2) is 49.1 Å². The maximum Gasteiger partial charge on any atom is 0.260 e. The van der Waals surface area contributed by atoms with E-state index >= 15 is 0 Å². The van der Waals surface area contributed by atoms with Gasteiger partial charge in [-0.05, 0) is 30.2 Å². The van der Waals surface area contributed by atoms with Crippen LogP contribution in [0, 0.1) is 0 Å². The summed E-state index contributed by atoms with van der Waals surface area (Å²) in [5.41, 5.74) is 0.769. The van der Waals surface area contributed by atoms with Crippen molar-refractivity contribution >= 4 is 11.8 Å². The molecule has 1 N–H and O–H groups in total. The van der Waals surface area contributed by atoms with E-state index in [0.717, 1.165) is 30.6 Å². The maximum absolute atomic E-state index is 12.6. The summed E-state index contributed by atoms with van der Waals surface area (Å²) in [5.74, 6) is 1.72. The Balaban J connectivity index is 1.39. The molecule has 2 aliphatic rings. The van der Waals surface area contributed by atoms with Gasteiger partial charge in [0.05, 0.1) is 0 Å². The third-order valence-corrected chi connectivity index (χ3v) is 6.15. The van der Waals surface area contributed by atoms with Crippen molar-refractivity contribution in [3.63, 3.8) is 0 Å². The van der Waals surface area contributed by atoms with Crippen LogP contribution in [0.4, 0.5) is 0 Å². The number of benzene rings is 2. The summed E-state index contributed by atoms with van der Waals surface area (Å²) in [4.78, 5) is 26.5. The molecule has 0 aromatic heterocycles. The molecule has 0 unspecified atom stereocenters. The first-order valence-electron chi connectivity index (χ1n) is 10.5. The van der Waals surface area contributed by atoms with Crippen LogP contribution in [0.3, 0.4) is 0 Å². The predicted octanol–water partition coefficient (Wildman–Crippen LogP) is 3.13. The second-order valence-electron chi connectivity index (χ2n) is 8.08. The van der Waals surface area contributed by atoms with Gasteiger partial charge in [0.15, 0.2) is 6.61 Å². The fourth-order valence-electron chi connectivity index (χ4n) is 4.48. The van der Waals surface area contributed by atoms with Gasteiger partial charge >= 0.3 is 0 Å². The van der Waals surface area contributed by atoms with Crippen molar-refractivity contribution in [1.29, 1.82) is 0 Å². The molecule has 1 saturated heterocycles. The smallest absolute Gasteiger partial charge is 0.260 e. The Morgan fingerprint density at radius 2 is 1.80 bits per heavy atom. The van der Waals surface area contributed by atoms with Crippen LogP contribution in [0.25, 0.3) is 0 Å². The highest BCUT2D eigenvalue weighted by molar-refractivity contribution is 5.78. The number of nitrogens with one attached hydrogen (secondary N) is 1. The minimum atomic E-state index is -0.329. The number of nitrogens with zero attached hydrogens (tertiary/aromatic N) is 1. The Labute approximate surface area is 177 Å². The second-order valence-corrected chi connectivity index (χ2v) is 8.08. The minimum absolute atomic E-state index is 0.00757. The molecule has 2 heterocycles. The van der Waals surface area contributed by atoms with E-state index in [1.807, 2.05) is 53.4 Å². The first-order valence-corrected chi connectivity index (χ1v) is 10.5. The summed E-state index contributed by atoms with van der Waals surface area (Å²) in [7, 11) is 1.67. The number of rotatable bonds is 5. The summed E-state index contributed by atoms with van der Waals surface area (Å²) in [6.07, 6.45) is 2.75. The normalized spacial score (nSPS) is 19.5. The van der Waals surface area contributed by atoms with Crippen molar-refractivity contribution in [2.45, 2.75) is 37.2 Å². The first-order chi connectivity index (χ1) is 14.6. The van der Waals surface area contributed by atoms with E-state index in [-0.39, 0.29) is 29.9 Å². The van der Waals surface area contributed by atoms with Gasteiger partial charge in [0.1, 0.15) is 17.1 Å². The molecular weight excluding hydrogens is 380 g/mol. The van der Waals surface area contributed by atoms with Crippen molar-refractivity contribution in [3.05, 3.63) is 60.2 Å². The standard InChI is InChI=1S/C24H28N2O4/c1-25-22(27)15-18-16-24(30-21-10-6-5-9-20(18)21)11-13-26(14-12-24)23(28)17-29-19-7-3-2-4-8-19/h2-10,18H,11-17H2,1H3,(H,25,27)/t18-/m1/s1. The zero-order chi connectivity index (χ0) is 21.0. The molecule has 2 aromatic rings. The van der Waals surface area contributed by atoms with E-state index in [1.165, 1.54) is 0 Å². The Kier molecular flexibility index (Phi) is 5.93. The summed E-state index contributed by atoms with van der Waals surface area (Å²) in [6.45, 7) is 1.30. The van der Waals surface area contributed by atoms with E-state index in [2.05, 4.69) is 11.4 Å². The van der Waals surface area contributed by atoms with Gasteiger partial charge in [0.25, 0.3) is 5.91 Å². The molecular formula is C24H28N2O4. The van der Waals surface area contributed by atoms with Crippen molar-refractivity contribution in [1.82, 2.24) is 10.2 Å². The van der Waals surface area contributed by atoms with E-state index in [1.54, 1.807) is 7.05 Å². The average Bonchev–Trinajstić information content (AvgIpc) is 2.78. The zero-order valence-electron chi connectivity index (χ0n) is 17.3. The largest absolute Gasteiger partial charge is 0.487 e. The van der Waals surface area contributed by atoms with E-state index < -0.39 is 0 Å². The lowest BCUT2D eigenvalue weighted by Crippen LogP contribution is -2.52. The van der Waals surface area contributed by atoms with Gasteiger partial charge in [-0.25, -0.2) is 0 Å². The fraction of sp³-hybridized carbons (Fsp3) is 0.417. The van der Waals surface area contributed by atoms with Crippen LogP contribution in [0.5, 0.6) is 11.5 Å². The van der Waals surface area contributed by atoms with Crippen LogP contribution in [0.15, 0.2) is 54.6 Å². The van der Waals surface area contributed by atoms with Crippen LogP contribution in [0.1, 0.15) is 37.2 Å². The molecule has 6 heteroatoms. The quantitative estimate of drug-likeness (QED) is 0.825. The molecule has 0 saturated carbocycles. The Morgan fingerprint density at radius 1 is 1.10 bits per heavy atom. The molecule has 30 heavy (non-hydrogen) atoms. The highest BCUT2D eigenvalue weighted by Gasteiger charge is 2.44. The third kappa shape index (κ3) is 4.42. The number of amides is 2. The number of para-hydroxylation sites is 2. The lowest BCUT2D eigenvalue weighted by Gasteiger charge is -2.46. The molecule has 1 spiro atoms. The number of carbonyl (C=O) groups is 2. The minimum Gasteiger partial charge on any atom is -0.487 e. The SMILES string of the molecule is CNC(=O)C[C@@H]1CC2(CCN(C(=O)COc3ccccc3)CC2)Oc2ccccc21. The molecule has 158 valence electrons. The number of ether oxygens (including phenoxy) is 2. The molecule has 1 fully saturated rings. The molecule has 6 nitrogen and oxygen atoms in total. The van der Waals surface area contributed by atoms with Crippen molar-refractivity contribution in [2.24, 2.45) is 0 Å². The maximum atomic E-state index is 12.6. The van der Waals surface area contributed by atoms with Gasteiger partial charge in [-0.1, -0.05) is 36.4 Å². The number of hydrogen-bond donors (Lipinski definition) is 1. The van der Waals surface area contributed by atoms with Gasteiger partial charge < -0.3 is 19.7 Å². The molecule has 1 atom stereocenters. The monoisotopic (exact) mass is 408 g/mol. The van der Waals surface area contributed by atoms with Gasteiger partial charge in [-0.2, -0.15) is 0 Å². The van der Waals surface area contributed by atoms with Crippen LogP contribution in [0.2, 0.25) is 0 Å². The fourth-order valence-corrected chi connectivity index (χ4v) is 4.48. The molecule has 2 aliphatic heterocycles. The lowest BCUT2D eigenvalue weighted by molar-refractivity contribution is -0.137. The molecule has 4 rings (SSSR count). The molecule has 2 aromatic carbocycles. The Morgan fingerprint density at radius 3 is 2.53 bits per heavy atom. The van der Waals surface area contributed by atoms with Gasteiger partial charge in [0, 0.05) is 45.3 Å². The summed E-state index contributed by atoms with van der Waals surface area (Å²) in [6, 6.07) is 17.4. The van der Waals surface area contributed by atoms with Crippen molar-refractivity contribution in [2.75, 3.05) is 26.7 Å². The van der Waals surface area contributed by atoms with E-state index in [9.17, 15) is 9.59 Å². The van der Waals surface area contributed by atoms with Crippen molar-refractivity contribution < 1.29 is 19.1 Å². The topological polar surface area (TPSA) is 67.9 Å². The van der Waals surface area contributed by atoms with Gasteiger partial charge in [-0.3, -0.25) is 9.59 Å². The van der Waals surface area contributed by atoms with E-state index in [0.29, 0.717) is 25.3 Å². The number of likely N-dealkylation sites (tertiary alicyclic amines) is 1. The molecule has 0 aliphatic carbocycles. The van der Waals surface area contributed by atoms with Crippen LogP contribution < -0.4 is 14.8 Å².